The Kier molecular flexibility index (Phi) is 5.57. The van der Waals surface area contributed by atoms with E-state index in [0.717, 1.165) is 16.2 Å². The number of hydrogen-bond acceptors (Lipinski definition) is 7. The molecule has 1 aliphatic heterocycles. The van der Waals surface area contributed by atoms with Crippen LogP contribution in [0.3, 0.4) is 0 Å². The lowest BCUT2D eigenvalue weighted by molar-refractivity contribution is 0.0878. The molecule has 0 saturated heterocycles. The van der Waals surface area contributed by atoms with Crippen LogP contribution in [0.15, 0.2) is 53.3 Å². The first kappa shape index (κ1) is 21.6. The Morgan fingerprint density at radius 2 is 1.73 bits per heavy atom. The zero-order valence-corrected chi connectivity index (χ0v) is 17.8. The summed E-state index contributed by atoms with van der Waals surface area (Å²) in [4.78, 5) is 49.8. The second-order valence-corrected chi connectivity index (χ2v) is 7.16. The smallest absolute Gasteiger partial charge is 0.262 e. The number of aromatic nitrogens is 1. The summed E-state index contributed by atoms with van der Waals surface area (Å²) in [5, 5.41) is 4.91. The predicted octanol–water partition coefficient (Wildman–Crippen LogP) is 1.25. The highest BCUT2D eigenvalue weighted by atomic mass is 16.5. The van der Waals surface area contributed by atoms with Crippen molar-refractivity contribution in [2.24, 2.45) is 0 Å². The fourth-order valence-corrected chi connectivity index (χ4v) is 3.66. The van der Waals surface area contributed by atoms with Crippen LogP contribution in [0.1, 0.15) is 36.6 Å². The third kappa shape index (κ3) is 3.78. The Labute approximate surface area is 187 Å². The Morgan fingerprint density at radius 3 is 2.45 bits per heavy atom. The second-order valence-electron chi connectivity index (χ2n) is 7.16. The van der Waals surface area contributed by atoms with Crippen LogP contribution in [-0.4, -0.2) is 36.5 Å². The molecule has 168 valence electrons. The molecule has 0 saturated carbocycles. The molecule has 0 spiro atoms. The zero-order valence-electron chi connectivity index (χ0n) is 17.8. The number of nitrogens with zero attached hydrogens (tertiary/aromatic N) is 1. The average molecular weight is 448 g/mol. The van der Waals surface area contributed by atoms with Crippen molar-refractivity contribution >= 4 is 23.5 Å². The largest absolute Gasteiger partial charge is 0.493 e. The van der Waals surface area contributed by atoms with Gasteiger partial charge in [-0.3, -0.25) is 29.1 Å². The molecule has 4 N–H and O–H groups in total. The van der Waals surface area contributed by atoms with E-state index in [-0.39, 0.29) is 34.7 Å². The van der Waals surface area contributed by atoms with E-state index in [1.807, 2.05) is 0 Å². The van der Waals surface area contributed by atoms with Crippen molar-refractivity contribution in [1.82, 2.24) is 15.2 Å². The van der Waals surface area contributed by atoms with Crippen molar-refractivity contribution in [2.45, 2.75) is 6.54 Å². The van der Waals surface area contributed by atoms with Gasteiger partial charge in [0.05, 0.1) is 36.6 Å². The molecule has 0 aliphatic carbocycles. The monoisotopic (exact) mass is 448 g/mol. The molecule has 3 aromatic rings. The molecule has 0 fully saturated rings. The zero-order chi connectivity index (χ0) is 23.7. The first-order valence-corrected chi connectivity index (χ1v) is 9.85. The molecule has 10 heteroatoms. The number of anilines is 1. The van der Waals surface area contributed by atoms with Crippen molar-refractivity contribution in [1.29, 1.82) is 0 Å². The molecular weight excluding hydrogens is 428 g/mol. The quantitative estimate of drug-likeness (QED) is 0.482. The summed E-state index contributed by atoms with van der Waals surface area (Å²) in [6.45, 7) is 0.180. The standard InChI is InChI=1S/C23H20N4O6/c1-32-16-8-7-12(9-17(16)33-2)11-25-21(29)13-5-3-4-6-15(13)27-18(28)10-14-19(20(27)24)23(31)26-22(14)30/h3-10H,11,24H2,1-2H3,(H,25,29)(H,26,30,31). The van der Waals surface area contributed by atoms with Crippen molar-refractivity contribution in [3.8, 4) is 17.2 Å². The molecule has 2 heterocycles. The Hall–Kier alpha value is -4.60. The summed E-state index contributed by atoms with van der Waals surface area (Å²) < 4.78 is 11.5. The molecular formula is C23H20N4O6. The van der Waals surface area contributed by atoms with Gasteiger partial charge in [0.2, 0.25) is 0 Å². The van der Waals surface area contributed by atoms with Gasteiger partial charge in [-0.05, 0) is 29.8 Å². The number of carbonyl (C=O) groups is 3. The third-order valence-corrected chi connectivity index (χ3v) is 5.24. The van der Waals surface area contributed by atoms with Gasteiger partial charge in [-0.15, -0.1) is 0 Å². The van der Waals surface area contributed by atoms with Gasteiger partial charge in [0.25, 0.3) is 23.3 Å². The molecule has 1 aromatic heterocycles. The van der Waals surface area contributed by atoms with Crippen LogP contribution in [0, 0.1) is 0 Å². The van der Waals surface area contributed by atoms with E-state index in [1.54, 1.807) is 30.3 Å². The minimum Gasteiger partial charge on any atom is -0.493 e. The summed E-state index contributed by atoms with van der Waals surface area (Å²) in [7, 11) is 3.05. The third-order valence-electron chi connectivity index (χ3n) is 5.24. The van der Waals surface area contributed by atoms with E-state index in [9.17, 15) is 19.2 Å². The molecule has 0 radical (unpaired) electrons. The lowest BCUT2D eigenvalue weighted by atomic mass is 10.1. The van der Waals surface area contributed by atoms with Crippen LogP contribution in [0.4, 0.5) is 5.82 Å². The number of carbonyl (C=O) groups excluding carboxylic acids is 3. The maximum atomic E-state index is 13.0. The SMILES string of the molecule is COc1ccc(CNC(=O)c2ccccc2-n2c(N)c3c(cc2=O)C(=O)NC3=O)cc1OC. The normalized spacial score (nSPS) is 12.2. The number of benzene rings is 2. The summed E-state index contributed by atoms with van der Waals surface area (Å²) >= 11 is 0. The lowest BCUT2D eigenvalue weighted by Crippen LogP contribution is -2.28. The maximum absolute atomic E-state index is 13.0. The molecule has 1 aliphatic rings. The van der Waals surface area contributed by atoms with Crippen molar-refractivity contribution in [3.63, 3.8) is 0 Å². The van der Waals surface area contributed by atoms with Gasteiger partial charge >= 0.3 is 0 Å². The molecule has 3 amide bonds. The van der Waals surface area contributed by atoms with E-state index < -0.39 is 23.3 Å². The van der Waals surface area contributed by atoms with Crippen molar-refractivity contribution in [2.75, 3.05) is 20.0 Å². The number of pyridine rings is 1. The van der Waals surface area contributed by atoms with Crippen LogP contribution in [0.25, 0.3) is 5.69 Å². The Balaban J connectivity index is 1.68. The molecule has 0 unspecified atom stereocenters. The van der Waals surface area contributed by atoms with Crippen LogP contribution in [0.5, 0.6) is 11.5 Å². The minimum atomic E-state index is -0.698. The number of imide groups is 1. The molecule has 0 atom stereocenters. The highest BCUT2D eigenvalue weighted by Gasteiger charge is 2.32. The van der Waals surface area contributed by atoms with E-state index in [1.165, 1.54) is 26.4 Å². The number of methoxy groups -OCH3 is 2. The van der Waals surface area contributed by atoms with Crippen LogP contribution in [0.2, 0.25) is 0 Å². The summed E-state index contributed by atoms with van der Waals surface area (Å²) in [6.07, 6.45) is 0. The van der Waals surface area contributed by atoms with Gasteiger partial charge in [-0.1, -0.05) is 18.2 Å². The number of hydrogen-bond donors (Lipinski definition) is 3. The van der Waals surface area contributed by atoms with E-state index in [2.05, 4.69) is 10.6 Å². The van der Waals surface area contributed by atoms with Crippen LogP contribution < -0.4 is 31.4 Å². The maximum Gasteiger partial charge on any atom is 0.262 e. The topological polar surface area (TPSA) is 142 Å². The summed E-state index contributed by atoms with van der Waals surface area (Å²) in [5.74, 6) is -0.987. The van der Waals surface area contributed by atoms with Gasteiger partial charge in [0.1, 0.15) is 5.82 Å². The number of para-hydroxylation sites is 1. The molecule has 4 rings (SSSR count). The lowest BCUT2D eigenvalue weighted by Gasteiger charge is -2.16. The first-order valence-electron chi connectivity index (χ1n) is 9.85. The summed E-state index contributed by atoms with van der Waals surface area (Å²) in [6, 6.07) is 12.6. The predicted molar refractivity (Wildman–Crippen MR) is 119 cm³/mol. The average Bonchev–Trinajstić information content (AvgIpc) is 3.10. The number of nitrogen functional groups attached to an aromatic ring is 1. The fourth-order valence-electron chi connectivity index (χ4n) is 3.66. The first-order chi connectivity index (χ1) is 15.8. The number of nitrogens with one attached hydrogen (secondary N) is 2. The number of ether oxygens (including phenoxy) is 2. The highest BCUT2D eigenvalue weighted by Crippen LogP contribution is 2.28. The number of fused-ring (bicyclic) bond motifs is 1. The Morgan fingerprint density at radius 1 is 1.00 bits per heavy atom. The second kappa shape index (κ2) is 8.50. The van der Waals surface area contributed by atoms with Gasteiger partial charge in [-0.2, -0.15) is 0 Å². The van der Waals surface area contributed by atoms with Crippen LogP contribution >= 0.6 is 0 Å². The molecule has 33 heavy (non-hydrogen) atoms. The van der Waals surface area contributed by atoms with Gasteiger partial charge in [0, 0.05) is 12.6 Å². The minimum absolute atomic E-state index is 0.0888. The number of nitrogens with two attached hydrogens (primary N) is 1. The van der Waals surface area contributed by atoms with Gasteiger partial charge in [-0.25, -0.2) is 0 Å². The summed E-state index contributed by atoms with van der Waals surface area (Å²) in [5.41, 5.74) is 6.39. The number of rotatable bonds is 6. The fraction of sp³-hybridized carbons (Fsp3) is 0.130. The van der Waals surface area contributed by atoms with Crippen molar-refractivity contribution in [3.05, 3.63) is 81.1 Å². The van der Waals surface area contributed by atoms with Gasteiger partial charge < -0.3 is 20.5 Å². The Bertz CT molecular complexity index is 1360. The van der Waals surface area contributed by atoms with E-state index in [0.29, 0.717) is 11.5 Å². The van der Waals surface area contributed by atoms with Crippen molar-refractivity contribution < 1.29 is 23.9 Å². The van der Waals surface area contributed by atoms with Crippen LogP contribution in [-0.2, 0) is 6.54 Å². The van der Waals surface area contributed by atoms with Gasteiger partial charge in [0.15, 0.2) is 11.5 Å². The van der Waals surface area contributed by atoms with E-state index in [4.69, 9.17) is 15.2 Å². The van der Waals surface area contributed by atoms with E-state index >= 15 is 0 Å². The number of amides is 3. The molecule has 10 nitrogen and oxygen atoms in total. The highest BCUT2D eigenvalue weighted by molar-refractivity contribution is 6.23. The molecule has 0 bridgehead atoms. The molecule has 2 aromatic carbocycles.